The van der Waals surface area contributed by atoms with Crippen molar-refractivity contribution in [2.75, 3.05) is 5.32 Å². The van der Waals surface area contributed by atoms with Crippen LogP contribution in [-0.2, 0) is 0 Å². The highest BCUT2D eigenvalue weighted by molar-refractivity contribution is 6.04. The van der Waals surface area contributed by atoms with E-state index in [1.807, 2.05) is 13.0 Å². The van der Waals surface area contributed by atoms with E-state index in [0.717, 1.165) is 11.3 Å². The molecule has 0 radical (unpaired) electrons. The van der Waals surface area contributed by atoms with Gasteiger partial charge >= 0.3 is 0 Å². The molecule has 1 aromatic heterocycles. The van der Waals surface area contributed by atoms with Crippen LogP contribution in [0.4, 0.5) is 5.82 Å². The fourth-order valence-electron chi connectivity index (χ4n) is 2.21. The van der Waals surface area contributed by atoms with Crippen molar-refractivity contribution in [3.63, 3.8) is 0 Å². The molecule has 0 saturated heterocycles. The summed E-state index contributed by atoms with van der Waals surface area (Å²) in [6.07, 6.45) is 2.36. The maximum atomic E-state index is 12.2. The highest BCUT2D eigenvalue weighted by atomic mass is 16.1. The molecule has 5 nitrogen and oxygen atoms in total. The average molecular weight is 266 g/mol. The Balaban J connectivity index is 1.80. The first-order chi connectivity index (χ1) is 9.69. The predicted molar refractivity (Wildman–Crippen MR) is 74.4 cm³/mol. The summed E-state index contributed by atoms with van der Waals surface area (Å²) in [4.78, 5) is 12.2. The molecule has 0 aliphatic heterocycles. The molecule has 2 aromatic rings. The van der Waals surface area contributed by atoms with Gasteiger partial charge in [-0.15, -0.1) is 0 Å². The minimum atomic E-state index is -0.251. The molecule has 2 N–H and O–H groups in total. The minimum Gasteiger partial charge on any atom is -0.305 e. The predicted octanol–water partition coefficient (Wildman–Crippen LogP) is 2.72. The number of nitrogens with one attached hydrogen (secondary N) is 2. The van der Waals surface area contributed by atoms with E-state index in [2.05, 4.69) is 15.5 Å². The highest BCUT2D eigenvalue weighted by Crippen LogP contribution is 2.41. The monoisotopic (exact) mass is 266 g/mol. The zero-order valence-corrected chi connectivity index (χ0v) is 11.1. The van der Waals surface area contributed by atoms with Crippen LogP contribution in [0.15, 0.2) is 24.3 Å². The fraction of sp³-hybridized carbons (Fsp3) is 0.267. The molecule has 3 rings (SSSR count). The number of hydrogen-bond acceptors (Lipinski definition) is 3. The Bertz CT molecular complexity index is 707. The largest absolute Gasteiger partial charge is 0.305 e. The normalized spacial score (nSPS) is 13.8. The summed E-state index contributed by atoms with van der Waals surface area (Å²) in [6.45, 7) is 1.96. The van der Waals surface area contributed by atoms with Crippen LogP contribution in [0.25, 0.3) is 0 Å². The quantitative estimate of drug-likeness (QED) is 0.896. The molecular weight excluding hydrogens is 252 g/mol. The van der Waals surface area contributed by atoms with Gasteiger partial charge in [-0.3, -0.25) is 9.89 Å². The number of rotatable bonds is 3. The van der Waals surface area contributed by atoms with Gasteiger partial charge < -0.3 is 5.32 Å². The van der Waals surface area contributed by atoms with Crippen molar-refractivity contribution in [1.29, 1.82) is 5.26 Å². The number of aromatic nitrogens is 2. The van der Waals surface area contributed by atoms with Gasteiger partial charge in [0.1, 0.15) is 0 Å². The van der Waals surface area contributed by atoms with E-state index in [9.17, 15) is 4.79 Å². The molecule has 5 heteroatoms. The maximum Gasteiger partial charge on any atom is 0.256 e. The van der Waals surface area contributed by atoms with Crippen LogP contribution in [0, 0.1) is 18.3 Å². The lowest BCUT2D eigenvalue weighted by Gasteiger charge is -2.03. The van der Waals surface area contributed by atoms with E-state index >= 15 is 0 Å². The van der Waals surface area contributed by atoms with Crippen LogP contribution in [0.5, 0.6) is 0 Å². The topological polar surface area (TPSA) is 81.6 Å². The molecule has 0 atom stereocenters. The van der Waals surface area contributed by atoms with E-state index in [1.54, 1.807) is 24.3 Å². The molecular formula is C15H14N4O. The van der Waals surface area contributed by atoms with Crippen molar-refractivity contribution in [2.24, 2.45) is 0 Å². The third-order valence-corrected chi connectivity index (χ3v) is 3.52. The summed E-state index contributed by atoms with van der Waals surface area (Å²) in [5.74, 6) is 0.883. The summed E-state index contributed by atoms with van der Waals surface area (Å²) < 4.78 is 0. The van der Waals surface area contributed by atoms with E-state index in [0.29, 0.717) is 22.9 Å². The van der Waals surface area contributed by atoms with E-state index in [-0.39, 0.29) is 5.91 Å². The zero-order valence-electron chi connectivity index (χ0n) is 11.1. The van der Waals surface area contributed by atoms with Gasteiger partial charge in [0.15, 0.2) is 5.82 Å². The number of aromatic amines is 1. The van der Waals surface area contributed by atoms with Gasteiger partial charge in [0.25, 0.3) is 5.91 Å². The van der Waals surface area contributed by atoms with Crippen LogP contribution in [-0.4, -0.2) is 16.1 Å². The summed E-state index contributed by atoms with van der Waals surface area (Å²) in [7, 11) is 0. The second kappa shape index (κ2) is 4.82. The van der Waals surface area contributed by atoms with Gasteiger partial charge in [0, 0.05) is 22.7 Å². The Morgan fingerprint density at radius 1 is 1.50 bits per heavy atom. The van der Waals surface area contributed by atoms with Crippen LogP contribution in [0.3, 0.4) is 0 Å². The number of benzene rings is 1. The van der Waals surface area contributed by atoms with Crippen molar-refractivity contribution < 1.29 is 4.79 Å². The second-order valence-electron chi connectivity index (χ2n) is 5.03. The Morgan fingerprint density at radius 3 is 3.00 bits per heavy atom. The molecule has 1 fully saturated rings. The van der Waals surface area contributed by atoms with E-state index in [1.165, 1.54) is 12.8 Å². The Hall–Kier alpha value is -2.61. The number of carbonyl (C=O) groups excluding carboxylic acids is 1. The lowest BCUT2D eigenvalue weighted by molar-refractivity contribution is 0.102. The Morgan fingerprint density at radius 2 is 2.30 bits per heavy atom. The minimum absolute atomic E-state index is 0.251. The smallest absolute Gasteiger partial charge is 0.256 e. The van der Waals surface area contributed by atoms with Crippen LogP contribution < -0.4 is 5.32 Å². The second-order valence-corrected chi connectivity index (χ2v) is 5.03. The number of hydrogen-bond donors (Lipinski definition) is 2. The molecule has 20 heavy (non-hydrogen) atoms. The van der Waals surface area contributed by atoms with Crippen LogP contribution >= 0.6 is 0 Å². The van der Waals surface area contributed by atoms with Gasteiger partial charge in [-0.25, -0.2) is 0 Å². The lowest BCUT2D eigenvalue weighted by Crippen LogP contribution is -2.13. The number of anilines is 1. The van der Waals surface area contributed by atoms with Crippen molar-refractivity contribution in [3.05, 3.63) is 46.6 Å². The Kier molecular flexibility index (Phi) is 2.99. The van der Waals surface area contributed by atoms with Crippen LogP contribution in [0.2, 0.25) is 0 Å². The molecule has 1 heterocycles. The number of amides is 1. The number of carbonyl (C=O) groups is 1. The highest BCUT2D eigenvalue weighted by Gasteiger charge is 2.28. The average Bonchev–Trinajstić information content (AvgIpc) is 3.25. The molecule has 1 amide bonds. The standard InChI is InChI=1S/C15H14N4O/c1-9-13(11-5-6-11)18-19-14(9)17-15(20)12-4-2-3-10(7-12)8-16/h2-4,7,11H,5-6H2,1H3,(H2,17,18,19,20). The van der Waals surface area contributed by atoms with Gasteiger partial charge in [0.2, 0.25) is 0 Å². The number of nitriles is 1. The Labute approximate surface area is 116 Å². The summed E-state index contributed by atoms with van der Waals surface area (Å²) in [6, 6.07) is 8.64. The maximum absolute atomic E-state index is 12.2. The SMILES string of the molecule is Cc1c(NC(=O)c2cccc(C#N)c2)n[nH]c1C1CC1. The third-order valence-electron chi connectivity index (χ3n) is 3.52. The molecule has 1 aliphatic carbocycles. The van der Waals surface area contributed by atoms with Crippen LogP contribution in [0.1, 0.15) is 45.9 Å². The van der Waals surface area contributed by atoms with Crippen molar-refractivity contribution in [2.45, 2.75) is 25.7 Å². The van der Waals surface area contributed by atoms with E-state index in [4.69, 9.17) is 5.26 Å². The molecule has 0 unspecified atom stereocenters. The first kappa shape index (κ1) is 12.4. The summed E-state index contributed by atoms with van der Waals surface area (Å²) in [5, 5.41) is 18.8. The molecule has 0 bridgehead atoms. The first-order valence-electron chi connectivity index (χ1n) is 6.55. The van der Waals surface area contributed by atoms with Gasteiger partial charge in [0.05, 0.1) is 11.6 Å². The molecule has 1 aliphatic rings. The number of nitrogens with zero attached hydrogens (tertiary/aromatic N) is 2. The number of H-pyrrole nitrogens is 1. The molecule has 100 valence electrons. The zero-order chi connectivity index (χ0) is 14.1. The third kappa shape index (κ3) is 2.28. The van der Waals surface area contributed by atoms with Crippen molar-refractivity contribution in [1.82, 2.24) is 10.2 Å². The summed E-state index contributed by atoms with van der Waals surface area (Å²) >= 11 is 0. The van der Waals surface area contributed by atoms with Gasteiger partial charge in [-0.05, 0) is 38.0 Å². The van der Waals surface area contributed by atoms with Gasteiger partial charge in [-0.2, -0.15) is 10.4 Å². The molecule has 1 aromatic carbocycles. The fourth-order valence-corrected chi connectivity index (χ4v) is 2.21. The summed E-state index contributed by atoms with van der Waals surface area (Å²) in [5.41, 5.74) is 3.04. The van der Waals surface area contributed by atoms with E-state index < -0.39 is 0 Å². The van der Waals surface area contributed by atoms with Crippen molar-refractivity contribution in [3.8, 4) is 6.07 Å². The van der Waals surface area contributed by atoms with Gasteiger partial charge in [-0.1, -0.05) is 6.07 Å². The molecule has 1 saturated carbocycles. The first-order valence-corrected chi connectivity index (χ1v) is 6.55. The molecule has 0 spiro atoms. The van der Waals surface area contributed by atoms with Crippen molar-refractivity contribution >= 4 is 11.7 Å². The lowest BCUT2D eigenvalue weighted by atomic mass is 10.1.